The maximum Gasteiger partial charge on any atom is 0.230 e. The third-order valence-corrected chi connectivity index (χ3v) is 4.76. The third-order valence-electron chi connectivity index (χ3n) is 3.75. The molecule has 0 saturated heterocycles. The highest BCUT2D eigenvalue weighted by Gasteiger charge is 2.29. The molecule has 0 aliphatic heterocycles. The first-order valence-electron chi connectivity index (χ1n) is 7.23. The van der Waals surface area contributed by atoms with Crippen molar-refractivity contribution in [3.8, 4) is 6.07 Å². The number of rotatable bonds is 5. The Labute approximate surface area is 129 Å². The molecule has 1 fully saturated rings. The monoisotopic (exact) mass is 304 g/mol. The summed E-state index contributed by atoms with van der Waals surface area (Å²) in [4.78, 5) is 12.8. The minimum absolute atomic E-state index is 0.0663. The summed E-state index contributed by atoms with van der Waals surface area (Å²) in [5.41, 5.74) is -0.101. The minimum atomic E-state index is -0.715. The zero-order valence-electron chi connectivity index (χ0n) is 12.0. The molecule has 1 aromatic rings. The maximum atomic E-state index is 11.8. The molecule has 0 unspecified atom stereocenters. The van der Waals surface area contributed by atoms with Crippen molar-refractivity contribution >= 4 is 17.7 Å². The van der Waals surface area contributed by atoms with Crippen molar-refractivity contribution in [1.82, 2.24) is 5.32 Å². The van der Waals surface area contributed by atoms with Gasteiger partial charge in [0.05, 0.1) is 23.0 Å². The minimum Gasteiger partial charge on any atom is -0.388 e. The summed E-state index contributed by atoms with van der Waals surface area (Å²) in [6.07, 6.45) is 4.79. The Morgan fingerprint density at radius 3 is 2.57 bits per heavy atom. The first-order valence-corrected chi connectivity index (χ1v) is 8.22. The highest BCUT2D eigenvalue weighted by Crippen LogP contribution is 2.27. The standard InChI is InChI=1S/C16H20N2O2S/c17-10-13-4-6-14(7-5-13)21-11-15(19)18-12-16(20)8-2-1-3-9-16/h4-7,20H,1-3,8-9,11-12H2,(H,18,19). The Morgan fingerprint density at radius 1 is 1.29 bits per heavy atom. The van der Waals surface area contributed by atoms with E-state index in [0.29, 0.717) is 17.9 Å². The molecule has 0 spiro atoms. The Bertz CT molecular complexity index is 516. The van der Waals surface area contributed by atoms with Crippen molar-refractivity contribution < 1.29 is 9.90 Å². The predicted molar refractivity (Wildman–Crippen MR) is 82.9 cm³/mol. The van der Waals surface area contributed by atoms with E-state index in [1.54, 1.807) is 12.1 Å². The summed E-state index contributed by atoms with van der Waals surface area (Å²) in [5.74, 6) is 0.255. The Morgan fingerprint density at radius 2 is 1.95 bits per heavy atom. The largest absolute Gasteiger partial charge is 0.388 e. The molecule has 0 atom stereocenters. The van der Waals surface area contributed by atoms with Gasteiger partial charge in [-0.25, -0.2) is 0 Å². The molecule has 5 heteroatoms. The molecule has 1 saturated carbocycles. The summed E-state index contributed by atoms with van der Waals surface area (Å²) in [5, 5.41) is 21.9. The zero-order chi connectivity index (χ0) is 15.1. The molecule has 2 N–H and O–H groups in total. The normalized spacial score (nSPS) is 17.0. The molecule has 1 aromatic carbocycles. The molecule has 2 rings (SSSR count). The molecule has 1 amide bonds. The Kier molecular flexibility index (Phi) is 5.66. The number of amides is 1. The van der Waals surface area contributed by atoms with Gasteiger partial charge in [-0.2, -0.15) is 5.26 Å². The predicted octanol–water partition coefficient (Wildman–Crippen LogP) is 2.46. The Balaban J connectivity index is 1.73. The lowest BCUT2D eigenvalue weighted by Crippen LogP contribution is -2.44. The van der Waals surface area contributed by atoms with Gasteiger partial charge in [-0.05, 0) is 37.1 Å². The van der Waals surface area contributed by atoms with Crippen LogP contribution in [0.25, 0.3) is 0 Å². The molecule has 0 aromatic heterocycles. The average Bonchev–Trinajstić information content (AvgIpc) is 2.52. The van der Waals surface area contributed by atoms with E-state index in [1.165, 1.54) is 18.2 Å². The van der Waals surface area contributed by atoms with Crippen LogP contribution in [0.1, 0.15) is 37.7 Å². The number of nitrogens with zero attached hydrogens (tertiary/aromatic N) is 1. The summed E-state index contributed by atoms with van der Waals surface area (Å²) < 4.78 is 0. The van der Waals surface area contributed by atoms with E-state index in [0.717, 1.165) is 30.6 Å². The van der Waals surface area contributed by atoms with Crippen LogP contribution in [0.2, 0.25) is 0 Å². The zero-order valence-corrected chi connectivity index (χ0v) is 12.8. The molecule has 112 valence electrons. The van der Waals surface area contributed by atoms with E-state index in [4.69, 9.17) is 5.26 Å². The van der Waals surface area contributed by atoms with Crippen LogP contribution >= 0.6 is 11.8 Å². The van der Waals surface area contributed by atoms with E-state index in [1.807, 2.05) is 12.1 Å². The number of nitriles is 1. The van der Waals surface area contributed by atoms with Crippen molar-refractivity contribution in [1.29, 1.82) is 5.26 Å². The molecule has 21 heavy (non-hydrogen) atoms. The van der Waals surface area contributed by atoms with Gasteiger partial charge in [0.1, 0.15) is 0 Å². The second kappa shape index (κ2) is 7.48. The number of hydrogen-bond acceptors (Lipinski definition) is 4. The molecule has 4 nitrogen and oxygen atoms in total. The lowest BCUT2D eigenvalue weighted by Gasteiger charge is -2.32. The van der Waals surface area contributed by atoms with Gasteiger partial charge in [0, 0.05) is 11.4 Å². The molecular weight excluding hydrogens is 284 g/mol. The molecule has 1 aliphatic rings. The quantitative estimate of drug-likeness (QED) is 0.820. The number of carbonyl (C=O) groups is 1. The van der Waals surface area contributed by atoms with Crippen molar-refractivity contribution in [2.75, 3.05) is 12.3 Å². The first-order chi connectivity index (χ1) is 10.1. The van der Waals surface area contributed by atoms with E-state index >= 15 is 0 Å². The van der Waals surface area contributed by atoms with Gasteiger partial charge in [0.2, 0.25) is 5.91 Å². The number of hydrogen-bond donors (Lipinski definition) is 2. The first kappa shape index (κ1) is 15.9. The summed E-state index contributed by atoms with van der Waals surface area (Å²) >= 11 is 1.43. The molecule has 0 bridgehead atoms. The van der Waals surface area contributed by atoms with Crippen molar-refractivity contribution in [3.05, 3.63) is 29.8 Å². The van der Waals surface area contributed by atoms with Crippen LogP contribution in [0.3, 0.4) is 0 Å². The van der Waals surface area contributed by atoms with Crippen LogP contribution in [0.15, 0.2) is 29.2 Å². The lowest BCUT2D eigenvalue weighted by molar-refractivity contribution is -0.120. The lowest BCUT2D eigenvalue weighted by atomic mass is 9.85. The van der Waals surface area contributed by atoms with E-state index in [2.05, 4.69) is 11.4 Å². The highest BCUT2D eigenvalue weighted by molar-refractivity contribution is 8.00. The fraction of sp³-hybridized carbons (Fsp3) is 0.500. The summed E-state index contributed by atoms with van der Waals surface area (Å²) in [6.45, 7) is 0.347. The van der Waals surface area contributed by atoms with Gasteiger partial charge >= 0.3 is 0 Å². The van der Waals surface area contributed by atoms with Crippen LogP contribution in [0.5, 0.6) is 0 Å². The topological polar surface area (TPSA) is 73.1 Å². The third kappa shape index (κ3) is 5.07. The number of thioether (sulfide) groups is 1. The van der Waals surface area contributed by atoms with Gasteiger partial charge in [-0.15, -0.1) is 11.8 Å². The summed E-state index contributed by atoms with van der Waals surface area (Å²) in [7, 11) is 0. The van der Waals surface area contributed by atoms with Gasteiger partial charge < -0.3 is 10.4 Å². The number of benzene rings is 1. The second-order valence-electron chi connectivity index (χ2n) is 5.49. The van der Waals surface area contributed by atoms with Gasteiger partial charge in [0.15, 0.2) is 0 Å². The second-order valence-corrected chi connectivity index (χ2v) is 6.54. The van der Waals surface area contributed by atoms with Crippen LogP contribution in [0, 0.1) is 11.3 Å². The fourth-order valence-corrected chi connectivity index (χ4v) is 3.20. The SMILES string of the molecule is N#Cc1ccc(SCC(=O)NCC2(O)CCCCC2)cc1. The van der Waals surface area contributed by atoms with Crippen molar-refractivity contribution in [2.45, 2.75) is 42.6 Å². The Hall–Kier alpha value is -1.51. The van der Waals surface area contributed by atoms with Crippen LogP contribution in [0.4, 0.5) is 0 Å². The van der Waals surface area contributed by atoms with Crippen LogP contribution < -0.4 is 5.32 Å². The highest BCUT2D eigenvalue weighted by atomic mass is 32.2. The molecule has 0 heterocycles. The van der Waals surface area contributed by atoms with Crippen LogP contribution in [-0.4, -0.2) is 28.9 Å². The molecular formula is C16H20N2O2S. The van der Waals surface area contributed by atoms with Crippen molar-refractivity contribution in [2.24, 2.45) is 0 Å². The fourth-order valence-electron chi connectivity index (χ4n) is 2.48. The molecule has 1 aliphatic carbocycles. The number of nitrogens with one attached hydrogen (secondary N) is 1. The number of carbonyl (C=O) groups excluding carboxylic acids is 1. The summed E-state index contributed by atoms with van der Waals surface area (Å²) in [6, 6.07) is 9.22. The van der Waals surface area contributed by atoms with E-state index < -0.39 is 5.60 Å². The smallest absolute Gasteiger partial charge is 0.230 e. The average molecular weight is 304 g/mol. The van der Waals surface area contributed by atoms with Crippen molar-refractivity contribution in [3.63, 3.8) is 0 Å². The maximum absolute atomic E-state index is 11.8. The van der Waals surface area contributed by atoms with Gasteiger partial charge in [0.25, 0.3) is 0 Å². The number of aliphatic hydroxyl groups is 1. The van der Waals surface area contributed by atoms with Gasteiger partial charge in [-0.3, -0.25) is 4.79 Å². The van der Waals surface area contributed by atoms with Crippen LogP contribution in [-0.2, 0) is 4.79 Å². The van der Waals surface area contributed by atoms with Gasteiger partial charge in [-0.1, -0.05) is 19.3 Å². The molecule has 0 radical (unpaired) electrons. The van der Waals surface area contributed by atoms with E-state index in [-0.39, 0.29) is 5.91 Å². The van der Waals surface area contributed by atoms with E-state index in [9.17, 15) is 9.90 Å².